The minimum Gasteiger partial charge on any atom is -0.493 e. The van der Waals surface area contributed by atoms with E-state index in [2.05, 4.69) is 10.3 Å². The summed E-state index contributed by atoms with van der Waals surface area (Å²) in [6.07, 6.45) is 4.73. The molecule has 1 aromatic carbocycles. The second kappa shape index (κ2) is 11.8. The number of rotatable bonds is 3. The number of pyridine rings is 1. The molecule has 2 aromatic heterocycles. The summed E-state index contributed by atoms with van der Waals surface area (Å²) in [6.45, 7) is 1.84. The van der Waals surface area contributed by atoms with Crippen molar-refractivity contribution in [3.63, 3.8) is 0 Å². The van der Waals surface area contributed by atoms with E-state index in [1.165, 1.54) is 6.20 Å². The summed E-state index contributed by atoms with van der Waals surface area (Å²) in [7, 11) is 3.37. The molecule has 1 saturated heterocycles. The zero-order valence-corrected chi connectivity index (χ0v) is 22.5. The van der Waals surface area contributed by atoms with Gasteiger partial charge in [-0.05, 0) is 42.3 Å². The van der Waals surface area contributed by atoms with Gasteiger partial charge in [0.15, 0.2) is 11.5 Å². The number of hydrogen-bond acceptors (Lipinski definition) is 6. The second-order valence-electron chi connectivity index (χ2n) is 10.0. The van der Waals surface area contributed by atoms with E-state index >= 15 is 0 Å². The van der Waals surface area contributed by atoms with Gasteiger partial charge in [-0.2, -0.15) is 0 Å². The van der Waals surface area contributed by atoms with Crippen molar-refractivity contribution < 1.29 is 28.2 Å². The molecule has 10 nitrogen and oxygen atoms in total. The van der Waals surface area contributed by atoms with Crippen LogP contribution in [0.1, 0.15) is 38.7 Å². The van der Waals surface area contributed by atoms with Crippen LogP contribution in [-0.2, 0) is 11.8 Å². The molecule has 0 saturated carbocycles. The van der Waals surface area contributed by atoms with Crippen molar-refractivity contribution in [2.75, 3.05) is 46.4 Å². The van der Waals surface area contributed by atoms with Crippen LogP contribution in [0.4, 0.5) is 4.39 Å². The maximum Gasteiger partial charge on any atom is 0.270 e. The summed E-state index contributed by atoms with van der Waals surface area (Å²) < 4.78 is 27.2. The average Bonchev–Trinajstić information content (AvgIpc) is 3.59. The lowest BCUT2D eigenvalue weighted by molar-refractivity contribution is -0.124. The zero-order chi connectivity index (χ0) is 28.2. The Hall–Kier alpha value is -4.41. The van der Waals surface area contributed by atoms with Crippen LogP contribution in [-0.4, -0.2) is 83.5 Å². The van der Waals surface area contributed by atoms with Crippen molar-refractivity contribution in [2.24, 2.45) is 13.0 Å². The highest BCUT2D eigenvalue weighted by Crippen LogP contribution is 2.38. The number of halogens is 1. The van der Waals surface area contributed by atoms with Crippen molar-refractivity contribution in [3.8, 4) is 11.5 Å². The Balaban J connectivity index is 1.41. The number of likely N-dealkylation sites (tertiary alicyclic amines) is 1. The molecule has 0 radical (unpaired) electrons. The minimum atomic E-state index is -0.599. The first-order valence-electron chi connectivity index (χ1n) is 13.2. The number of carbonyl (C=O) groups is 3. The van der Waals surface area contributed by atoms with Crippen LogP contribution >= 0.6 is 0 Å². The second-order valence-corrected chi connectivity index (χ2v) is 10.0. The maximum absolute atomic E-state index is 13.8. The summed E-state index contributed by atoms with van der Waals surface area (Å²) in [6, 6.07) is 10.2. The molecule has 0 aliphatic carbocycles. The summed E-state index contributed by atoms with van der Waals surface area (Å²) in [5.41, 5.74) is 1.52. The molecule has 1 N–H and O–H groups in total. The van der Waals surface area contributed by atoms with Crippen LogP contribution in [0.25, 0.3) is 0 Å². The lowest BCUT2D eigenvalue weighted by atomic mass is 9.88. The molecule has 3 aromatic rings. The van der Waals surface area contributed by atoms with Gasteiger partial charge in [0.25, 0.3) is 11.8 Å². The molecule has 40 heavy (non-hydrogen) atoms. The topological polar surface area (TPSA) is 106 Å². The predicted octanol–water partition coefficient (Wildman–Crippen LogP) is 2.46. The molecule has 11 heteroatoms. The first-order chi connectivity index (χ1) is 19.4. The predicted molar refractivity (Wildman–Crippen MR) is 144 cm³/mol. The number of nitrogens with one attached hydrogen (secondary N) is 1. The van der Waals surface area contributed by atoms with Gasteiger partial charge in [0.2, 0.25) is 5.91 Å². The molecule has 0 spiro atoms. The number of aromatic nitrogens is 2. The van der Waals surface area contributed by atoms with E-state index in [4.69, 9.17) is 9.47 Å². The van der Waals surface area contributed by atoms with Gasteiger partial charge in [-0.1, -0.05) is 6.07 Å². The van der Waals surface area contributed by atoms with E-state index in [9.17, 15) is 18.8 Å². The molecular formula is C29H32FN5O5. The van der Waals surface area contributed by atoms with Gasteiger partial charge in [0, 0.05) is 51.5 Å². The maximum atomic E-state index is 13.8. The Morgan fingerprint density at radius 2 is 1.90 bits per heavy atom. The zero-order valence-electron chi connectivity index (χ0n) is 22.5. The Bertz CT molecular complexity index is 1410. The van der Waals surface area contributed by atoms with E-state index in [0.29, 0.717) is 43.2 Å². The highest BCUT2D eigenvalue weighted by atomic mass is 19.1. The van der Waals surface area contributed by atoms with Gasteiger partial charge < -0.3 is 29.2 Å². The van der Waals surface area contributed by atoms with E-state index in [1.807, 2.05) is 31.4 Å². The number of methoxy groups -OCH3 is 1. The smallest absolute Gasteiger partial charge is 0.270 e. The van der Waals surface area contributed by atoms with E-state index in [-0.39, 0.29) is 48.9 Å². The summed E-state index contributed by atoms with van der Waals surface area (Å²) >= 11 is 0. The van der Waals surface area contributed by atoms with Gasteiger partial charge in [0.05, 0.1) is 31.3 Å². The largest absolute Gasteiger partial charge is 0.493 e. The number of hydrogen-bond donors (Lipinski definition) is 1. The molecular weight excluding hydrogens is 517 g/mol. The standard InChI is InChI=1S/C29H32FN5O5/c1-33-9-3-5-24(33)29(38)34-10-4-8-32-27(36)23-18-35(28(37)20-13-21(30)16-31-15-20)17-22(23)19-6-7-25(39-2)26(14-19)40-12-11-34/h3,5-7,9,13-16,22-23H,4,8,10-12,17-18H2,1-2H3,(H,32,36)/t22-,23+/m1/s1. The normalized spacial score (nSPS) is 19.7. The monoisotopic (exact) mass is 549 g/mol. The third kappa shape index (κ3) is 5.63. The highest BCUT2D eigenvalue weighted by molar-refractivity contribution is 5.95. The molecule has 2 aliphatic heterocycles. The van der Waals surface area contributed by atoms with Gasteiger partial charge >= 0.3 is 0 Å². The molecule has 2 aliphatic rings. The first kappa shape index (κ1) is 27.2. The molecule has 1 fully saturated rings. The number of fused-ring (bicyclic) bond motifs is 4. The SMILES string of the molecule is COc1ccc2cc1OCCN(C(=O)c1cccn1C)CCCNC(=O)[C@H]1CN(C(=O)c3cncc(F)c3)C[C@H]21. The van der Waals surface area contributed by atoms with E-state index < -0.39 is 11.7 Å². The molecule has 210 valence electrons. The third-order valence-electron chi connectivity index (χ3n) is 7.48. The Labute approximate surface area is 231 Å². The quantitative estimate of drug-likeness (QED) is 0.538. The summed E-state index contributed by atoms with van der Waals surface area (Å²) in [4.78, 5) is 47.0. The molecule has 4 heterocycles. The van der Waals surface area contributed by atoms with E-state index in [1.54, 1.807) is 33.6 Å². The molecule has 2 atom stereocenters. The fourth-order valence-electron chi connectivity index (χ4n) is 5.36. The highest BCUT2D eigenvalue weighted by Gasteiger charge is 2.41. The minimum absolute atomic E-state index is 0.118. The summed E-state index contributed by atoms with van der Waals surface area (Å²) in [5.74, 6) is -1.12. The van der Waals surface area contributed by atoms with Crippen LogP contribution in [0.2, 0.25) is 0 Å². The van der Waals surface area contributed by atoms with Gasteiger partial charge in [-0.15, -0.1) is 0 Å². The van der Waals surface area contributed by atoms with Crippen LogP contribution in [0.5, 0.6) is 11.5 Å². The lowest BCUT2D eigenvalue weighted by Gasteiger charge is -2.25. The summed E-state index contributed by atoms with van der Waals surface area (Å²) in [5, 5.41) is 3.00. The van der Waals surface area contributed by atoms with Gasteiger partial charge in [-0.25, -0.2) is 4.39 Å². The number of benzene rings is 1. The van der Waals surface area contributed by atoms with Crippen LogP contribution in [0.3, 0.4) is 0 Å². The third-order valence-corrected chi connectivity index (χ3v) is 7.48. The van der Waals surface area contributed by atoms with Crippen molar-refractivity contribution in [3.05, 3.63) is 77.6 Å². The van der Waals surface area contributed by atoms with Gasteiger partial charge in [0.1, 0.15) is 18.1 Å². The first-order valence-corrected chi connectivity index (χ1v) is 13.2. The van der Waals surface area contributed by atoms with Crippen LogP contribution in [0.15, 0.2) is 55.0 Å². The molecule has 0 unspecified atom stereocenters. The molecule has 2 bridgehead atoms. The Kier molecular flexibility index (Phi) is 7.99. The fourth-order valence-corrected chi connectivity index (χ4v) is 5.36. The van der Waals surface area contributed by atoms with Gasteiger partial charge in [-0.3, -0.25) is 19.4 Å². The molecule has 3 amide bonds. The number of nitrogens with zero attached hydrogens (tertiary/aromatic N) is 4. The van der Waals surface area contributed by atoms with Crippen LogP contribution < -0.4 is 14.8 Å². The van der Waals surface area contributed by atoms with E-state index in [0.717, 1.165) is 17.8 Å². The number of carbonyl (C=O) groups excluding carboxylic acids is 3. The van der Waals surface area contributed by atoms with Crippen molar-refractivity contribution in [2.45, 2.75) is 12.3 Å². The molecule has 5 rings (SSSR count). The van der Waals surface area contributed by atoms with Crippen molar-refractivity contribution in [1.82, 2.24) is 24.7 Å². The van der Waals surface area contributed by atoms with Crippen molar-refractivity contribution >= 4 is 17.7 Å². The number of amides is 3. The Morgan fingerprint density at radius 3 is 2.65 bits per heavy atom. The lowest BCUT2D eigenvalue weighted by Crippen LogP contribution is -2.40. The van der Waals surface area contributed by atoms with Crippen LogP contribution in [0, 0.1) is 11.7 Å². The average molecular weight is 550 g/mol. The number of ether oxygens (including phenoxy) is 2. The number of aryl methyl sites for hydroxylation is 1. The fraction of sp³-hybridized carbons (Fsp3) is 0.379. The van der Waals surface area contributed by atoms with Crippen molar-refractivity contribution in [1.29, 1.82) is 0 Å². The Morgan fingerprint density at radius 1 is 1.07 bits per heavy atom.